The van der Waals surface area contributed by atoms with Gasteiger partial charge in [0.2, 0.25) is 0 Å². The minimum Gasteiger partial charge on any atom is -0.342 e. The van der Waals surface area contributed by atoms with Gasteiger partial charge < -0.3 is 4.98 Å². The molecule has 2 N–H and O–H groups in total. The first-order chi connectivity index (χ1) is 14.6. The van der Waals surface area contributed by atoms with Crippen molar-refractivity contribution in [2.75, 3.05) is 4.72 Å². The number of aromatic nitrogens is 2. The van der Waals surface area contributed by atoms with Gasteiger partial charge in [-0.1, -0.05) is 36.4 Å². The molecule has 3 aromatic carbocycles. The normalized spacial score (nSPS) is 13.5. The van der Waals surface area contributed by atoms with Crippen LogP contribution in [0.5, 0.6) is 0 Å². The largest absolute Gasteiger partial charge is 0.342 e. The molecule has 0 atom stereocenters. The molecule has 6 heteroatoms. The number of nitrogens with one attached hydrogen (secondary N) is 2. The molecule has 0 amide bonds. The van der Waals surface area contributed by atoms with Gasteiger partial charge in [0.05, 0.1) is 21.6 Å². The number of hydrogen-bond donors (Lipinski definition) is 2. The molecule has 0 bridgehead atoms. The number of hydrogen-bond acceptors (Lipinski definition) is 3. The van der Waals surface area contributed by atoms with E-state index in [0.29, 0.717) is 23.4 Å². The average molecular weight is 418 g/mol. The van der Waals surface area contributed by atoms with Crippen molar-refractivity contribution in [2.45, 2.75) is 37.0 Å². The van der Waals surface area contributed by atoms with Crippen LogP contribution in [0.25, 0.3) is 11.0 Å². The number of H-pyrrole nitrogens is 1. The third kappa shape index (κ3) is 3.71. The lowest BCUT2D eigenvalue weighted by molar-refractivity contribution is 0.601. The van der Waals surface area contributed by atoms with Crippen LogP contribution in [0.2, 0.25) is 0 Å². The van der Waals surface area contributed by atoms with Crippen LogP contribution in [0.1, 0.15) is 28.9 Å². The molecule has 0 saturated heterocycles. The molecule has 5 rings (SSSR count). The van der Waals surface area contributed by atoms with E-state index in [0.717, 1.165) is 47.2 Å². The van der Waals surface area contributed by atoms with E-state index in [9.17, 15) is 8.42 Å². The molecule has 0 unspecified atom stereocenters. The number of imidazole rings is 1. The Bertz CT molecular complexity index is 1290. The van der Waals surface area contributed by atoms with Gasteiger partial charge in [0.15, 0.2) is 0 Å². The highest BCUT2D eigenvalue weighted by Gasteiger charge is 2.19. The van der Waals surface area contributed by atoms with Crippen molar-refractivity contribution >= 4 is 26.7 Å². The Kier molecular flexibility index (Phi) is 4.79. The number of benzene rings is 3. The molecule has 1 aliphatic rings. The molecule has 0 aliphatic heterocycles. The summed E-state index contributed by atoms with van der Waals surface area (Å²) in [6.07, 6.45) is 4.46. The van der Waals surface area contributed by atoms with Crippen LogP contribution in [0.4, 0.5) is 5.69 Å². The summed E-state index contributed by atoms with van der Waals surface area (Å²) in [5.41, 5.74) is 5.93. The van der Waals surface area contributed by atoms with Gasteiger partial charge in [0, 0.05) is 6.42 Å². The number of fused-ring (bicyclic) bond motifs is 2. The van der Waals surface area contributed by atoms with Crippen molar-refractivity contribution in [1.29, 1.82) is 0 Å². The topological polar surface area (TPSA) is 74.8 Å². The first kappa shape index (κ1) is 18.9. The second-order valence-electron chi connectivity index (χ2n) is 7.75. The lowest BCUT2D eigenvalue weighted by Crippen LogP contribution is -2.15. The summed E-state index contributed by atoms with van der Waals surface area (Å²) in [6, 6.07) is 21.0. The fourth-order valence-corrected chi connectivity index (χ4v) is 5.29. The average Bonchev–Trinajstić information content (AvgIpc) is 3.38. The minimum absolute atomic E-state index is 0.329. The molecule has 1 aliphatic carbocycles. The van der Waals surface area contributed by atoms with Crippen LogP contribution in [-0.4, -0.2) is 18.4 Å². The van der Waals surface area contributed by atoms with E-state index in [2.05, 4.69) is 14.7 Å². The predicted molar refractivity (Wildman–Crippen MR) is 119 cm³/mol. The first-order valence-electron chi connectivity index (χ1n) is 10.2. The van der Waals surface area contributed by atoms with Gasteiger partial charge in [0.1, 0.15) is 5.82 Å². The highest BCUT2D eigenvalue weighted by atomic mass is 32.2. The molecule has 0 radical (unpaired) electrons. The number of aryl methyl sites for hydroxylation is 4. The van der Waals surface area contributed by atoms with E-state index in [1.54, 1.807) is 6.07 Å². The lowest BCUT2D eigenvalue weighted by Gasteiger charge is -2.13. The van der Waals surface area contributed by atoms with Crippen molar-refractivity contribution < 1.29 is 8.42 Å². The maximum atomic E-state index is 13.0. The third-order valence-corrected chi connectivity index (χ3v) is 7.07. The Morgan fingerprint density at radius 2 is 1.70 bits per heavy atom. The Morgan fingerprint density at radius 3 is 2.60 bits per heavy atom. The second-order valence-corrected chi connectivity index (χ2v) is 9.43. The van der Waals surface area contributed by atoms with E-state index >= 15 is 0 Å². The van der Waals surface area contributed by atoms with Crippen LogP contribution in [-0.2, 0) is 35.7 Å². The van der Waals surface area contributed by atoms with Gasteiger partial charge in [-0.3, -0.25) is 4.72 Å². The Balaban J connectivity index is 1.36. The summed E-state index contributed by atoms with van der Waals surface area (Å²) in [5.74, 6) is 0.896. The quantitative estimate of drug-likeness (QED) is 0.480. The highest BCUT2D eigenvalue weighted by molar-refractivity contribution is 7.92. The SMILES string of the molecule is O=S(=O)(Nc1ccccc1CCc1nc2ccccc2[nH]1)c1ccc2c(c1)CCC2. The van der Waals surface area contributed by atoms with Crippen LogP contribution in [0, 0.1) is 0 Å². The first-order valence-corrected chi connectivity index (χ1v) is 11.7. The van der Waals surface area contributed by atoms with E-state index in [4.69, 9.17) is 0 Å². The number of anilines is 1. The summed E-state index contributed by atoms with van der Waals surface area (Å²) in [6.45, 7) is 0. The van der Waals surface area contributed by atoms with Crippen LogP contribution < -0.4 is 4.72 Å². The monoisotopic (exact) mass is 417 g/mol. The smallest absolute Gasteiger partial charge is 0.261 e. The fraction of sp³-hybridized carbons (Fsp3) is 0.208. The molecule has 0 fully saturated rings. The Labute approximate surface area is 176 Å². The van der Waals surface area contributed by atoms with Gasteiger partial charge in [-0.05, 0) is 72.7 Å². The number of sulfonamides is 1. The van der Waals surface area contributed by atoms with E-state index in [-0.39, 0.29) is 0 Å². The minimum atomic E-state index is -3.63. The van der Waals surface area contributed by atoms with Gasteiger partial charge in [0.25, 0.3) is 10.0 Å². The second kappa shape index (κ2) is 7.61. The summed E-state index contributed by atoms with van der Waals surface area (Å²) in [7, 11) is -3.63. The lowest BCUT2D eigenvalue weighted by atomic mass is 10.1. The molecule has 152 valence electrons. The van der Waals surface area contributed by atoms with Crippen LogP contribution in [0.3, 0.4) is 0 Å². The standard InChI is InChI=1S/C24H23N3O2S/c28-30(29,20-14-12-17-7-5-8-19(17)16-20)27-21-9-2-1-6-18(21)13-15-24-25-22-10-3-4-11-23(22)26-24/h1-4,6,9-12,14,16,27H,5,7-8,13,15H2,(H,25,26). The summed E-state index contributed by atoms with van der Waals surface area (Å²) < 4.78 is 28.8. The summed E-state index contributed by atoms with van der Waals surface area (Å²) >= 11 is 0. The zero-order valence-electron chi connectivity index (χ0n) is 16.6. The van der Waals surface area contributed by atoms with Gasteiger partial charge in [-0.2, -0.15) is 0 Å². The molecule has 0 saturated carbocycles. The Morgan fingerprint density at radius 1 is 0.900 bits per heavy atom. The van der Waals surface area contributed by atoms with Crippen molar-refractivity contribution in [3.8, 4) is 0 Å². The van der Waals surface area contributed by atoms with Gasteiger partial charge in [-0.15, -0.1) is 0 Å². The van der Waals surface area contributed by atoms with E-state index in [1.807, 2.05) is 60.7 Å². The number of rotatable bonds is 6. The highest BCUT2D eigenvalue weighted by Crippen LogP contribution is 2.27. The fourth-order valence-electron chi connectivity index (χ4n) is 4.13. The zero-order chi connectivity index (χ0) is 20.6. The van der Waals surface area contributed by atoms with Crippen LogP contribution in [0.15, 0.2) is 71.6 Å². The molecule has 4 aromatic rings. The maximum absolute atomic E-state index is 13.0. The zero-order valence-corrected chi connectivity index (χ0v) is 17.4. The number of aromatic amines is 1. The summed E-state index contributed by atoms with van der Waals surface area (Å²) in [4.78, 5) is 8.28. The van der Waals surface area contributed by atoms with Crippen molar-refractivity contribution in [3.05, 3.63) is 89.2 Å². The predicted octanol–water partition coefficient (Wildman–Crippen LogP) is 4.64. The molecule has 1 aromatic heterocycles. The molecular weight excluding hydrogens is 394 g/mol. The molecule has 5 nitrogen and oxygen atoms in total. The van der Waals surface area contributed by atoms with E-state index < -0.39 is 10.0 Å². The molecule has 30 heavy (non-hydrogen) atoms. The van der Waals surface area contributed by atoms with Gasteiger partial charge >= 0.3 is 0 Å². The maximum Gasteiger partial charge on any atom is 0.261 e. The molecule has 0 spiro atoms. The number of para-hydroxylation sites is 3. The third-order valence-electron chi connectivity index (χ3n) is 5.71. The summed E-state index contributed by atoms with van der Waals surface area (Å²) in [5, 5.41) is 0. The van der Waals surface area contributed by atoms with Crippen LogP contribution >= 0.6 is 0 Å². The van der Waals surface area contributed by atoms with Crippen molar-refractivity contribution in [1.82, 2.24) is 9.97 Å². The Hall–Kier alpha value is -3.12. The molecule has 1 heterocycles. The van der Waals surface area contributed by atoms with Gasteiger partial charge in [-0.25, -0.2) is 13.4 Å². The van der Waals surface area contributed by atoms with Crippen molar-refractivity contribution in [3.63, 3.8) is 0 Å². The number of nitrogens with zero attached hydrogens (tertiary/aromatic N) is 1. The van der Waals surface area contributed by atoms with E-state index in [1.165, 1.54) is 5.56 Å². The van der Waals surface area contributed by atoms with Crippen molar-refractivity contribution in [2.24, 2.45) is 0 Å². The molecular formula is C24H23N3O2S.